The molecule has 1 aliphatic rings. The molecule has 0 aromatic heterocycles. The SMILES string of the molecule is O=C(O)C1CCCN1C(c1ccccc1F)c1ccccc1Br. The minimum Gasteiger partial charge on any atom is -0.480 e. The van der Waals surface area contributed by atoms with Gasteiger partial charge in [0, 0.05) is 16.6 Å². The smallest absolute Gasteiger partial charge is 0.320 e. The first-order chi connectivity index (χ1) is 11.1. The Bertz CT molecular complexity index is 676. The van der Waals surface area contributed by atoms with Gasteiger partial charge >= 0.3 is 5.97 Å². The lowest BCUT2D eigenvalue weighted by atomic mass is 9.96. The fraction of sp³-hybridized carbons (Fsp3) is 0.278. The van der Waals surface area contributed by atoms with Crippen molar-refractivity contribution in [3.05, 3.63) is 69.9 Å². The van der Waals surface area contributed by atoms with E-state index in [1.165, 1.54) is 6.07 Å². The van der Waals surface area contributed by atoms with Gasteiger partial charge in [0.25, 0.3) is 0 Å². The van der Waals surface area contributed by atoms with Crippen molar-refractivity contribution in [2.75, 3.05) is 6.54 Å². The Kier molecular flexibility index (Phi) is 4.78. The van der Waals surface area contributed by atoms with E-state index in [0.717, 1.165) is 16.5 Å². The van der Waals surface area contributed by atoms with Crippen molar-refractivity contribution in [1.82, 2.24) is 4.90 Å². The lowest BCUT2D eigenvalue weighted by Crippen LogP contribution is -2.39. The number of rotatable bonds is 4. The van der Waals surface area contributed by atoms with Crippen LogP contribution in [0.1, 0.15) is 30.0 Å². The van der Waals surface area contributed by atoms with E-state index in [-0.39, 0.29) is 5.82 Å². The number of carbonyl (C=O) groups is 1. The molecule has 0 saturated carbocycles. The van der Waals surface area contributed by atoms with Gasteiger partial charge in [-0.25, -0.2) is 4.39 Å². The molecule has 2 aromatic carbocycles. The maximum Gasteiger partial charge on any atom is 0.320 e. The molecule has 3 rings (SSSR count). The fourth-order valence-corrected chi connectivity index (χ4v) is 3.78. The Balaban J connectivity index is 2.13. The lowest BCUT2D eigenvalue weighted by Gasteiger charge is -2.32. The van der Waals surface area contributed by atoms with Crippen molar-refractivity contribution in [2.45, 2.75) is 24.9 Å². The molecule has 0 spiro atoms. The first kappa shape index (κ1) is 16.1. The molecule has 2 unspecified atom stereocenters. The van der Waals surface area contributed by atoms with Gasteiger partial charge in [-0.15, -0.1) is 0 Å². The molecule has 0 radical (unpaired) electrons. The zero-order valence-corrected chi connectivity index (χ0v) is 14.0. The van der Waals surface area contributed by atoms with Gasteiger partial charge in [-0.3, -0.25) is 9.69 Å². The highest BCUT2D eigenvalue weighted by Gasteiger charge is 2.38. The van der Waals surface area contributed by atoms with Crippen LogP contribution in [0, 0.1) is 5.82 Å². The minimum atomic E-state index is -0.851. The number of likely N-dealkylation sites (tertiary alicyclic amines) is 1. The molecule has 23 heavy (non-hydrogen) atoms. The number of carboxylic acids is 1. The molecular formula is C18H17BrFNO2. The van der Waals surface area contributed by atoms with E-state index in [4.69, 9.17) is 0 Å². The number of carboxylic acid groups (broad SMARTS) is 1. The van der Waals surface area contributed by atoms with Crippen molar-refractivity contribution < 1.29 is 14.3 Å². The predicted octanol–water partition coefficient (Wildman–Crippen LogP) is 4.23. The largest absolute Gasteiger partial charge is 0.480 e. The molecule has 1 aliphatic heterocycles. The van der Waals surface area contributed by atoms with Crippen LogP contribution in [0.5, 0.6) is 0 Å². The molecule has 1 saturated heterocycles. The lowest BCUT2D eigenvalue weighted by molar-refractivity contribution is -0.142. The van der Waals surface area contributed by atoms with E-state index in [9.17, 15) is 14.3 Å². The van der Waals surface area contributed by atoms with Crippen molar-refractivity contribution in [3.8, 4) is 0 Å². The van der Waals surface area contributed by atoms with E-state index in [0.29, 0.717) is 18.5 Å². The summed E-state index contributed by atoms with van der Waals surface area (Å²) in [6, 6.07) is 13.2. The number of aliphatic carboxylic acids is 1. The zero-order valence-electron chi connectivity index (χ0n) is 12.5. The van der Waals surface area contributed by atoms with Crippen LogP contribution in [0.3, 0.4) is 0 Å². The standard InChI is InChI=1S/C18H17BrFNO2/c19-14-8-3-1-6-12(14)17(13-7-2-4-9-15(13)20)21-11-5-10-16(21)18(22)23/h1-4,6-9,16-17H,5,10-11H2,(H,22,23). The van der Waals surface area contributed by atoms with Crippen LogP contribution in [0.2, 0.25) is 0 Å². The van der Waals surface area contributed by atoms with Gasteiger partial charge < -0.3 is 5.11 Å². The monoisotopic (exact) mass is 377 g/mol. The van der Waals surface area contributed by atoms with E-state index in [2.05, 4.69) is 15.9 Å². The van der Waals surface area contributed by atoms with E-state index in [1.54, 1.807) is 18.2 Å². The summed E-state index contributed by atoms with van der Waals surface area (Å²) in [5.41, 5.74) is 1.39. The zero-order chi connectivity index (χ0) is 16.4. The quantitative estimate of drug-likeness (QED) is 0.866. The van der Waals surface area contributed by atoms with Crippen LogP contribution in [-0.4, -0.2) is 28.6 Å². The number of nitrogens with zero attached hydrogens (tertiary/aromatic N) is 1. The molecule has 120 valence electrons. The van der Waals surface area contributed by atoms with Crippen molar-refractivity contribution in [3.63, 3.8) is 0 Å². The molecule has 3 nitrogen and oxygen atoms in total. The van der Waals surface area contributed by atoms with Gasteiger partial charge in [0.15, 0.2) is 0 Å². The molecular weight excluding hydrogens is 361 g/mol. The second-order valence-electron chi connectivity index (χ2n) is 5.68. The molecule has 0 aliphatic carbocycles. The summed E-state index contributed by atoms with van der Waals surface area (Å²) in [6.07, 6.45) is 1.39. The van der Waals surface area contributed by atoms with Crippen LogP contribution >= 0.6 is 15.9 Å². The van der Waals surface area contributed by atoms with Gasteiger partial charge in [0.1, 0.15) is 11.9 Å². The third-order valence-corrected chi connectivity index (χ3v) is 5.03. The molecule has 5 heteroatoms. The fourth-order valence-electron chi connectivity index (χ4n) is 3.28. The van der Waals surface area contributed by atoms with Crippen molar-refractivity contribution in [2.24, 2.45) is 0 Å². The molecule has 2 aromatic rings. The van der Waals surface area contributed by atoms with Gasteiger partial charge in [-0.1, -0.05) is 52.3 Å². The highest BCUT2D eigenvalue weighted by Crippen LogP contribution is 2.38. The number of benzene rings is 2. The Labute approximate surface area is 142 Å². The Hall–Kier alpha value is -1.72. The van der Waals surface area contributed by atoms with E-state index in [1.807, 2.05) is 29.2 Å². The maximum atomic E-state index is 14.4. The predicted molar refractivity (Wildman–Crippen MR) is 89.7 cm³/mol. The summed E-state index contributed by atoms with van der Waals surface area (Å²) >= 11 is 3.53. The summed E-state index contributed by atoms with van der Waals surface area (Å²) in [5.74, 6) is -1.17. The first-order valence-electron chi connectivity index (χ1n) is 7.57. The van der Waals surface area contributed by atoms with Crippen LogP contribution in [0.4, 0.5) is 4.39 Å². The van der Waals surface area contributed by atoms with Crippen LogP contribution < -0.4 is 0 Å². The maximum absolute atomic E-state index is 14.4. The van der Waals surface area contributed by atoms with E-state index < -0.39 is 18.1 Å². The number of hydrogen-bond acceptors (Lipinski definition) is 2. The van der Waals surface area contributed by atoms with Crippen LogP contribution in [-0.2, 0) is 4.79 Å². The van der Waals surface area contributed by atoms with Gasteiger partial charge in [-0.2, -0.15) is 0 Å². The Morgan fingerprint density at radius 2 is 1.83 bits per heavy atom. The topological polar surface area (TPSA) is 40.5 Å². The second kappa shape index (κ2) is 6.81. The minimum absolute atomic E-state index is 0.315. The van der Waals surface area contributed by atoms with Gasteiger partial charge in [0.05, 0.1) is 6.04 Å². The summed E-state index contributed by atoms with van der Waals surface area (Å²) in [7, 11) is 0. The van der Waals surface area contributed by atoms with Crippen LogP contribution in [0.15, 0.2) is 53.0 Å². The van der Waals surface area contributed by atoms with Gasteiger partial charge in [-0.05, 0) is 30.5 Å². The first-order valence-corrected chi connectivity index (χ1v) is 8.36. The Morgan fingerprint density at radius 3 is 2.48 bits per heavy atom. The second-order valence-corrected chi connectivity index (χ2v) is 6.53. The van der Waals surface area contributed by atoms with Gasteiger partial charge in [0.2, 0.25) is 0 Å². The summed E-state index contributed by atoms with van der Waals surface area (Å²) < 4.78 is 15.3. The van der Waals surface area contributed by atoms with Crippen LogP contribution in [0.25, 0.3) is 0 Å². The normalized spacial score (nSPS) is 19.7. The third-order valence-electron chi connectivity index (χ3n) is 4.31. The molecule has 0 amide bonds. The highest BCUT2D eigenvalue weighted by atomic mass is 79.9. The molecule has 1 fully saturated rings. The molecule has 1 heterocycles. The summed E-state index contributed by atoms with van der Waals surface area (Å²) in [6.45, 7) is 0.636. The number of halogens is 2. The van der Waals surface area contributed by atoms with E-state index >= 15 is 0 Å². The average molecular weight is 378 g/mol. The summed E-state index contributed by atoms with van der Waals surface area (Å²) in [5, 5.41) is 9.52. The van der Waals surface area contributed by atoms with Crippen molar-refractivity contribution >= 4 is 21.9 Å². The molecule has 2 atom stereocenters. The highest BCUT2D eigenvalue weighted by molar-refractivity contribution is 9.10. The summed E-state index contributed by atoms with van der Waals surface area (Å²) in [4.78, 5) is 13.5. The number of hydrogen-bond donors (Lipinski definition) is 1. The average Bonchev–Trinajstić information content (AvgIpc) is 3.01. The Morgan fingerprint density at radius 1 is 1.17 bits per heavy atom. The molecule has 1 N–H and O–H groups in total. The molecule has 0 bridgehead atoms. The third kappa shape index (κ3) is 3.16. The van der Waals surface area contributed by atoms with Crippen molar-refractivity contribution in [1.29, 1.82) is 0 Å².